The molecular formula is C17H16IN3O4. The maximum atomic E-state index is 11.8. The molecule has 0 spiro atoms. The summed E-state index contributed by atoms with van der Waals surface area (Å²) >= 11 is 1.96. The molecule has 8 heteroatoms. The Kier molecular flexibility index (Phi) is 6.75. The van der Waals surface area contributed by atoms with Crippen molar-refractivity contribution in [3.8, 4) is 11.5 Å². The fraction of sp³-hybridized carbons (Fsp3) is 0.118. The third kappa shape index (κ3) is 5.75. The summed E-state index contributed by atoms with van der Waals surface area (Å²) in [5, 5.41) is 16.2. The van der Waals surface area contributed by atoms with Crippen LogP contribution in [0.25, 0.3) is 0 Å². The highest BCUT2D eigenvalue weighted by Gasteiger charge is 2.09. The van der Waals surface area contributed by atoms with E-state index in [2.05, 4.69) is 15.8 Å². The van der Waals surface area contributed by atoms with Crippen molar-refractivity contribution in [2.24, 2.45) is 5.10 Å². The third-order valence-corrected chi connectivity index (χ3v) is 3.87. The van der Waals surface area contributed by atoms with Crippen LogP contribution in [0.1, 0.15) is 12.0 Å². The minimum Gasteiger partial charge on any atom is -0.504 e. The summed E-state index contributed by atoms with van der Waals surface area (Å²) < 4.78 is 5.64. The van der Waals surface area contributed by atoms with Gasteiger partial charge >= 0.3 is 0 Å². The van der Waals surface area contributed by atoms with E-state index in [1.54, 1.807) is 36.4 Å². The number of ether oxygens (including phenoxy) is 1. The Morgan fingerprint density at radius 1 is 1.24 bits per heavy atom. The lowest BCUT2D eigenvalue weighted by Gasteiger charge is -2.06. The molecule has 130 valence electrons. The predicted molar refractivity (Wildman–Crippen MR) is 103 cm³/mol. The van der Waals surface area contributed by atoms with Crippen LogP contribution in [-0.4, -0.2) is 30.2 Å². The van der Waals surface area contributed by atoms with Gasteiger partial charge < -0.3 is 15.2 Å². The first-order chi connectivity index (χ1) is 12.0. The van der Waals surface area contributed by atoms with Crippen LogP contribution in [0.15, 0.2) is 47.6 Å². The average molecular weight is 453 g/mol. The van der Waals surface area contributed by atoms with Crippen molar-refractivity contribution < 1.29 is 19.4 Å². The van der Waals surface area contributed by atoms with Gasteiger partial charge in [-0.15, -0.1) is 0 Å². The Morgan fingerprint density at radius 3 is 2.64 bits per heavy atom. The maximum absolute atomic E-state index is 11.8. The Bertz CT molecular complexity index is 794. The van der Waals surface area contributed by atoms with Gasteiger partial charge in [0.2, 0.25) is 11.8 Å². The van der Waals surface area contributed by atoms with Gasteiger partial charge in [-0.3, -0.25) is 9.59 Å². The Labute approximate surface area is 158 Å². The lowest BCUT2D eigenvalue weighted by molar-refractivity contribution is -0.126. The number of anilines is 1. The van der Waals surface area contributed by atoms with Crippen LogP contribution >= 0.6 is 22.6 Å². The molecule has 2 rings (SSSR count). The van der Waals surface area contributed by atoms with E-state index < -0.39 is 11.8 Å². The highest BCUT2D eigenvalue weighted by atomic mass is 127. The smallest absolute Gasteiger partial charge is 0.249 e. The number of carbonyl (C=O) groups is 2. The average Bonchev–Trinajstić information content (AvgIpc) is 2.58. The first kappa shape index (κ1) is 18.7. The zero-order valence-corrected chi connectivity index (χ0v) is 15.5. The number of hydrogen-bond donors (Lipinski definition) is 3. The van der Waals surface area contributed by atoms with Gasteiger partial charge in [0.25, 0.3) is 0 Å². The van der Waals surface area contributed by atoms with Crippen molar-refractivity contribution in [3.63, 3.8) is 0 Å². The highest BCUT2D eigenvalue weighted by Crippen LogP contribution is 2.31. The molecule has 0 heterocycles. The molecule has 7 nitrogen and oxygen atoms in total. The molecule has 0 saturated carbocycles. The maximum Gasteiger partial charge on any atom is 0.249 e. The quantitative estimate of drug-likeness (QED) is 0.271. The van der Waals surface area contributed by atoms with E-state index in [0.717, 1.165) is 0 Å². The number of hydrogen-bond acceptors (Lipinski definition) is 5. The SMILES string of the molecule is COc1cc(/C=N/NC(=O)CC(=O)Nc2ccccc2)cc(I)c1O. The first-order valence-corrected chi connectivity index (χ1v) is 8.30. The summed E-state index contributed by atoms with van der Waals surface area (Å²) in [6.07, 6.45) is 1.06. The standard InChI is InChI=1S/C17H16IN3O4/c1-25-14-8-11(7-13(18)17(14)24)10-19-21-16(23)9-15(22)20-12-5-3-2-4-6-12/h2-8,10,24H,9H2,1H3,(H,20,22)(H,21,23)/b19-10+. The number of benzene rings is 2. The summed E-state index contributed by atoms with van der Waals surface area (Å²) in [5.41, 5.74) is 3.54. The van der Waals surface area contributed by atoms with E-state index >= 15 is 0 Å². The number of nitrogens with one attached hydrogen (secondary N) is 2. The summed E-state index contributed by atoms with van der Waals surface area (Å²) in [5.74, 6) is -0.617. The molecule has 0 aliphatic rings. The molecule has 0 atom stereocenters. The van der Waals surface area contributed by atoms with Crippen LogP contribution in [0.5, 0.6) is 11.5 Å². The molecule has 0 unspecified atom stereocenters. The number of carbonyl (C=O) groups excluding carboxylic acids is 2. The molecule has 0 saturated heterocycles. The molecule has 2 aromatic carbocycles. The van der Waals surface area contributed by atoms with Crippen LogP contribution in [0.4, 0.5) is 5.69 Å². The Hall–Kier alpha value is -2.62. The zero-order valence-electron chi connectivity index (χ0n) is 13.3. The lowest BCUT2D eigenvalue weighted by atomic mass is 10.2. The second kappa shape index (κ2) is 9.02. The van der Waals surface area contributed by atoms with Crippen LogP contribution in [0, 0.1) is 3.57 Å². The number of aromatic hydroxyl groups is 1. The largest absolute Gasteiger partial charge is 0.504 e. The highest BCUT2D eigenvalue weighted by molar-refractivity contribution is 14.1. The van der Waals surface area contributed by atoms with E-state index in [9.17, 15) is 14.7 Å². The minimum atomic E-state index is -0.537. The molecule has 0 aromatic heterocycles. The van der Waals surface area contributed by atoms with Crippen molar-refractivity contribution in [2.45, 2.75) is 6.42 Å². The second-order valence-electron chi connectivity index (χ2n) is 4.94. The minimum absolute atomic E-state index is 0.0434. The van der Waals surface area contributed by atoms with Crippen molar-refractivity contribution in [3.05, 3.63) is 51.6 Å². The molecule has 0 radical (unpaired) electrons. The normalized spacial score (nSPS) is 10.5. The number of amides is 2. The molecular weight excluding hydrogens is 437 g/mol. The predicted octanol–water partition coefficient (Wildman–Crippen LogP) is 2.48. The fourth-order valence-electron chi connectivity index (χ4n) is 1.91. The van der Waals surface area contributed by atoms with Crippen molar-refractivity contribution >= 4 is 46.3 Å². The van der Waals surface area contributed by atoms with E-state index in [1.165, 1.54) is 13.3 Å². The van der Waals surface area contributed by atoms with E-state index in [4.69, 9.17) is 4.74 Å². The van der Waals surface area contributed by atoms with Gasteiger partial charge in [0.05, 0.1) is 16.9 Å². The number of nitrogens with zero attached hydrogens (tertiary/aromatic N) is 1. The zero-order chi connectivity index (χ0) is 18.2. The van der Waals surface area contributed by atoms with Gasteiger partial charge in [-0.25, -0.2) is 5.43 Å². The van der Waals surface area contributed by atoms with E-state index in [0.29, 0.717) is 20.6 Å². The number of hydrazone groups is 1. The first-order valence-electron chi connectivity index (χ1n) is 7.23. The number of phenolic OH excluding ortho intramolecular Hbond substituents is 1. The van der Waals surface area contributed by atoms with E-state index in [1.807, 2.05) is 28.7 Å². The summed E-state index contributed by atoms with van der Waals surface area (Å²) in [6.45, 7) is 0. The molecule has 0 bridgehead atoms. The number of rotatable bonds is 6. The number of methoxy groups -OCH3 is 1. The molecule has 2 aromatic rings. The Balaban J connectivity index is 1.88. The molecule has 0 aliphatic heterocycles. The van der Waals surface area contributed by atoms with Gasteiger partial charge in [0, 0.05) is 5.69 Å². The fourth-order valence-corrected chi connectivity index (χ4v) is 2.54. The summed E-state index contributed by atoms with van der Waals surface area (Å²) in [7, 11) is 1.44. The van der Waals surface area contributed by atoms with Crippen LogP contribution < -0.4 is 15.5 Å². The summed E-state index contributed by atoms with van der Waals surface area (Å²) in [6, 6.07) is 12.1. The van der Waals surface area contributed by atoms with Gasteiger partial charge in [0.15, 0.2) is 11.5 Å². The van der Waals surface area contributed by atoms with Gasteiger partial charge in [0.1, 0.15) is 6.42 Å². The molecule has 2 amide bonds. The number of para-hydroxylation sites is 1. The van der Waals surface area contributed by atoms with Crippen LogP contribution in [0.3, 0.4) is 0 Å². The Morgan fingerprint density at radius 2 is 1.96 bits per heavy atom. The number of phenols is 1. The van der Waals surface area contributed by atoms with Gasteiger partial charge in [-0.2, -0.15) is 5.10 Å². The van der Waals surface area contributed by atoms with Crippen LogP contribution in [0.2, 0.25) is 0 Å². The number of halogens is 1. The van der Waals surface area contributed by atoms with E-state index in [-0.39, 0.29) is 12.2 Å². The van der Waals surface area contributed by atoms with Crippen molar-refractivity contribution in [1.29, 1.82) is 0 Å². The third-order valence-electron chi connectivity index (χ3n) is 3.05. The van der Waals surface area contributed by atoms with Gasteiger partial charge in [-0.05, 0) is 52.4 Å². The molecule has 3 N–H and O–H groups in total. The van der Waals surface area contributed by atoms with Crippen LogP contribution in [-0.2, 0) is 9.59 Å². The topological polar surface area (TPSA) is 100 Å². The lowest BCUT2D eigenvalue weighted by Crippen LogP contribution is -2.24. The second-order valence-corrected chi connectivity index (χ2v) is 6.10. The summed E-state index contributed by atoms with van der Waals surface area (Å²) in [4.78, 5) is 23.5. The molecule has 25 heavy (non-hydrogen) atoms. The molecule has 0 fully saturated rings. The monoisotopic (exact) mass is 453 g/mol. The molecule has 0 aliphatic carbocycles. The van der Waals surface area contributed by atoms with Crippen molar-refractivity contribution in [2.75, 3.05) is 12.4 Å². The van der Waals surface area contributed by atoms with Gasteiger partial charge in [-0.1, -0.05) is 18.2 Å². The van der Waals surface area contributed by atoms with Crippen molar-refractivity contribution in [1.82, 2.24) is 5.43 Å².